The number of hydrogen-bond donors (Lipinski definition) is 1. The molecule has 1 heterocycles. The van der Waals surface area contributed by atoms with Crippen molar-refractivity contribution in [3.8, 4) is 0 Å². The number of benzene rings is 1. The molecule has 112 valence electrons. The highest BCUT2D eigenvalue weighted by atomic mass is 35.5. The zero-order valence-electron chi connectivity index (χ0n) is 11.9. The van der Waals surface area contributed by atoms with Crippen molar-refractivity contribution in [2.75, 3.05) is 26.2 Å². The van der Waals surface area contributed by atoms with Crippen molar-refractivity contribution in [1.82, 2.24) is 9.62 Å². The number of nitrogens with zero attached hydrogens (tertiary/aromatic N) is 1. The van der Waals surface area contributed by atoms with E-state index in [2.05, 4.69) is 5.32 Å². The largest absolute Gasteiger partial charge is 0.315 e. The minimum atomic E-state index is -3.51. The lowest BCUT2D eigenvalue weighted by Gasteiger charge is -2.21. The molecule has 1 aromatic carbocycles. The SMILES string of the molecule is CC(C)c1ccc(Cl)c(S(=O)(=O)N2CCCNCC2)c1. The molecule has 0 saturated carbocycles. The van der Waals surface area contributed by atoms with Crippen LogP contribution in [0.3, 0.4) is 0 Å². The molecule has 0 amide bonds. The molecule has 0 unspecified atom stereocenters. The molecule has 2 rings (SSSR count). The number of rotatable bonds is 3. The van der Waals surface area contributed by atoms with Gasteiger partial charge in [0.25, 0.3) is 0 Å². The van der Waals surface area contributed by atoms with Gasteiger partial charge >= 0.3 is 0 Å². The summed E-state index contributed by atoms with van der Waals surface area (Å²) >= 11 is 6.12. The number of halogens is 1. The molecule has 1 aliphatic heterocycles. The molecule has 1 N–H and O–H groups in total. The fourth-order valence-corrected chi connectivity index (χ4v) is 4.27. The normalized spacial score (nSPS) is 18.2. The van der Waals surface area contributed by atoms with Gasteiger partial charge in [-0.25, -0.2) is 8.42 Å². The Morgan fingerprint density at radius 3 is 2.70 bits per heavy atom. The molecule has 6 heteroatoms. The molecule has 1 saturated heterocycles. The zero-order chi connectivity index (χ0) is 14.8. The molecule has 0 aromatic heterocycles. The van der Waals surface area contributed by atoms with Gasteiger partial charge in [-0.15, -0.1) is 0 Å². The molecule has 0 atom stereocenters. The lowest BCUT2D eigenvalue weighted by molar-refractivity contribution is 0.432. The molecule has 20 heavy (non-hydrogen) atoms. The van der Waals surface area contributed by atoms with Gasteiger partial charge in [-0.05, 0) is 36.6 Å². The van der Waals surface area contributed by atoms with Crippen molar-refractivity contribution in [1.29, 1.82) is 0 Å². The van der Waals surface area contributed by atoms with Crippen LogP contribution in [0.2, 0.25) is 5.02 Å². The Balaban J connectivity index is 2.39. The standard InChI is InChI=1S/C14H21ClN2O2S/c1-11(2)12-4-5-13(15)14(10-12)20(18,19)17-8-3-6-16-7-9-17/h4-5,10-11,16H,3,6-9H2,1-2H3. The first-order valence-corrected chi connectivity index (χ1v) is 8.75. The highest BCUT2D eigenvalue weighted by Gasteiger charge is 2.27. The topological polar surface area (TPSA) is 49.4 Å². The summed E-state index contributed by atoms with van der Waals surface area (Å²) in [5.74, 6) is 0.270. The Hall–Kier alpha value is -0.620. The van der Waals surface area contributed by atoms with Gasteiger partial charge in [0.15, 0.2) is 0 Å². The molecule has 0 bridgehead atoms. The van der Waals surface area contributed by atoms with E-state index in [1.54, 1.807) is 12.1 Å². The second-order valence-corrected chi connectivity index (χ2v) is 7.67. The fourth-order valence-electron chi connectivity index (χ4n) is 2.28. The van der Waals surface area contributed by atoms with E-state index in [1.807, 2.05) is 19.9 Å². The summed E-state index contributed by atoms with van der Waals surface area (Å²) in [6.07, 6.45) is 0.820. The molecular weight excluding hydrogens is 296 g/mol. The summed E-state index contributed by atoms with van der Waals surface area (Å²) in [5, 5.41) is 3.50. The maximum absolute atomic E-state index is 12.7. The van der Waals surface area contributed by atoms with E-state index in [9.17, 15) is 8.42 Å². The van der Waals surface area contributed by atoms with Gasteiger partial charge in [0, 0.05) is 19.6 Å². The number of nitrogens with one attached hydrogen (secondary N) is 1. The highest BCUT2D eigenvalue weighted by molar-refractivity contribution is 7.89. The minimum Gasteiger partial charge on any atom is -0.315 e. The van der Waals surface area contributed by atoms with Crippen molar-refractivity contribution in [3.63, 3.8) is 0 Å². The first-order chi connectivity index (χ1) is 9.43. The molecule has 0 spiro atoms. The van der Waals surface area contributed by atoms with Crippen molar-refractivity contribution in [2.45, 2.75) is 31.1 Å². The average Bonchev–Trinajstić information content (AvgIpc) is 2.68. The molecule has 4 nitrogen and oxygen atoms in total. The monoisotopic (exact) mass is 316 g/mol. The minimum absolute atomic E-state index is 0.229. The van der Waals surface area contributed by atoms with E-state index in [0.29, 0.717) is 24.7 Å². The van der Waals surface area contributed by atoms with Gasteiger partial charge < -0.3 is 5.32 Å². The first kappa shape index (κ1) is 15.8. The van der Waals surface area contributed by atoms with E-state index >= 15 is 0 Å². The van der Waals surface area contributed by atoms with Crippen LogP contribution < -0.4 is 5.32 Å². The van der Waals surface area contributed by atoms with Crippen LogP contribution in [-0.2, 0) is 10.0 Å². The van der Waals surface area contributed by atoms with Gasteiger partial charge in [0.2, 0.25) is 10.0 Å². The molecular formula is C14H21ClN2O2S. The fraction of sp³-hybridized carbons (Fsp3) is 0.571. The maximum atomic E-state index is 12.7. The van der Waals surface area contributed by atoms with Crippen molar-refractivity contribution < 1.29 is 8.42 Å². The average molecular weight is 317 g/mol. The summed E-state index contributed by atoms with van der Waals surface area (Å²) in [6.45, 7) is 6.64. The van der Waals surface area contributed by atoms with Crippen LogP contribution >= 0.6 is 11.6 Å². The number of hydrogen-bond acceptors (Lipinski definition) is 3. The summed E-state index contributed by atoms with van der Waals surface area (Å²) in [6, 6.07) is 5.27. The maximum Gasteiger partial charge on any atom is 0.244 e. The summed E-state index contributed by atoms with van der Waals surface area (Å²) in [7, 11) is -3.51. The van der Waals surface area contributed by atoms with Gasteiger partial charge in [0.1, 0.15) is 4.90 Å². The van der Waals surface area contributed by atoms with E-state index in [-0.39, 0.29) is 10.8 Å². The smallest absolute Gasteiger partial charge is 0.244 e. The third-order valence-electron chi connectivity index (χ3n) is 3.54. The molecule has 1 fully saturated rings. The van der Waals surface area contributed by atoms with Gasteiger partial charge in [-0.3, -0.25) is 0 Å². The molecule has 1 aromatic rings. The third-order valence-corrected chi connectivity index (χ3v) is 5.92. The highest BCUT2D eigenvalue weighted by Crippen LogP contribution is 2.28. The van der Waals surface area contributed by atoms with Crippen LogP contribution in [0.25, 0.3) is 0 Å². The lowest BCUT2D eigenvalue weighted by atomic mass is 10.0. The quantitative estimate of drug-likeness (QED) is 0.932. The first-order valence-electron chi connectivity index (χ1n) is 6.93. The molecule has 0 radical (unpaired) electrons. The summed E-state index contributed by atoms with van der Waals surface area (Å²) in [4.78, 5) is 0.229. The van der Waals surface area contributed by atoms with Crippen LogP contribution in [-0.4, -0.2) is 38.9 Å². The van der Waals surface area contributed by atoms with Crippen LogP contribution in [0.4, 0.5) is 0 Å². The predicted octanol–water partition coefficient (Wildman–Crippen LogP) is 2.45. The van der Waals surface area contributed by atoms with Gasteiger partial charge in [-0.2, -0.15) is 4.31 Å². The Bertz CT molecular complexity index is 565. The summed E-state index contributed by atoms with van der Waals surface area (Å²) < 4.78 is 27.0. The summed E-state index contributed by atoms with van der Waals surface area (Å²) in [5.41, 5.74) is 0.987. The third kappa shape index (κ3) is 3.34. The van der Waals surface area contributed by atoms with Crippen molar-refractivity contribution in [2.24, 2.45) is 0 Å². The lowest BCUT2D eigenvalue weighted by Crippen LogP contribution is -2.34. The Kier molecular flexibility index (Phi) is 5.07. The Morgan fingerprint density at radius 1 is 1.25 bits per heavy atom. The Morgan fingerprint density at radius 2 is 2.00 bits per heavy atom. The predicted molar refractivity (Wildman–Crippen MR) is 81.8 cm³/mol. The van der Waals surface area contributed by atoms with E-state index in [4.69, 9.17) is 11.6 Å². The second kappa shape index (κ2) is 6.43. The molecule has 0 aliphatic carbocycles. The van der Waals surface area contributed by atoms with Crippen LogP contribution in [0.5, 0.6) is 0 Å². The van der Waals surface area contributed by atoms with Crippen LogP contribution in [0.15, 0.2) is 23.1 Å². The molecule has 1 aliphatic rings. The van der Waals surface area contributed by atoms with Gasteiger partial charge in [-0.1, -0.05) is 31.5 Å². The van der Waals surface area contributed by atoms with Crippen LogP contribution in [0.1, 0.15) is 31.7 Å². The van der Waals surface area contributed by atoms with E-state index in [0.717, 1.165) is 18.5 Å². The van der Waals surface area contributed by atoms with Crippen LogP contribution in [0, 0.1) is 0 Å². The van der Waals surface area contributed by atoms with Gasteiger partial charge in [0.05, 0.1) is 5.02 Å². The van der Waals surface area contributed by atoms with Crippen molar-refractivity contribution in [3.05, 3.63) is 28.8 Å². The Labute approximate surface area is 126 Å². The second-order valence-electron chi connectivity index (χ2n) is 5.35. The van der Waals surface area contributed by atoms with E-state index < -0.39 is 10.0 Å². The van der Waals surface area contributed by atoms with E-state index in [1.165, 1.54) is 4.31 Å². The number of sulfonamides is 1. The zero-order valence-corrected chi connectivity index (χ0v) is 13.5. The van der Waals surface area contributed by atoms with Crippen molar-refractivity contribution >= 4 is 21.6 Å².